The molecule has 3 heterocycles. The first-order chi connectivity index (χ1) is 17.5. The summed E-state index contributed by atoms with van der Waals surface area (Å²) in [6, 6.07) is 13.9. The zero-order valence-corrected chi connectivity index (χ0v) is 20.9. The van der Waals surface area contributed by atoms with Gasteiger partial charge >= 0.3 is 0 Å². The molecule has 1 saturated carbocycles. The Labute approximate surface area is 215 Å². The summed E-state index contributed by atoms with van der Waals surface area (Å²) in [5, 5.41) is 2.79. The Kier molecular flexibility index (Phi) is 6.21. The summed E-state index contributed by atoms with van der Waals surface area (Å²) >= 11 is 6.81. The maximum absolute atomic E-state index is 13.1. The molecule has 36 heavy (non-hydrogen) atoms. The molecule has 0 aromatic heterocycles. The number of carbonyl (C=O) groups is 3. The van der Waals surface area contributed by atoms with Gasteiger partial charge in [-0.15, -0.1) is 0 Å². The summed E-state index contributed by atoms with van der Waals surface area (Å²) in [5.74, 6) is 0.227. The average molecular weight is 508 g/mol. The van der Waals surface area contributed by atoms with Gasteiger partial charge in [-0.1, -0.05) is 48.4 Å². The number of hydrogen-bond acceptors (Lipinski definition) is 5. The molecular weight excluding hydrogens is 478 g/mol. The number of amides is 3. The smallest absolute Gasteiger partial charge is 0.255 e. The number of hydrogen-bond donors (Lipinski definition) is 1. The minimum absolute atomic E-state index is 0.0503. The Bertz CT molecular complexity index is 1200. The first kappa shape index (κ1) is 23.5. The van der Waals surface area contributed by atoms with Gasteiger partial charge in [-0.25, -0.2) is 0 Å². The second-order valence-corrected chi connectivity index (χ2v) is 10.8. The van der Waals surface area contributed by atoms with Gasteiger partial charge in [0.25, 0.3) is 5.91 Å². The molecule has 3 atom stereocenters. The number of rotatable bonds is 5. The van der Waals surface area contributed by atoms with Gasteiger partial charge < -0.3 is 9.64 Å². The van der Waals surface area contributed by atoms with Gasteiger partial charge in [0.05, 0.1) is 5.02 Å². The van der Waals surface area contributed by atoms with E-state index in [9.17, 15) is 14.4 Å². The van der Waals surface area contributed by atoms with Crippen LogP contribution in [0.25, 0.3) is 0 Å². The van der Waals surface area contributed by atoms with E-state index in [1.807, 2.05) is 0 Å². The van der Waals surface area contributed by atoms with E-state index >= 15 is 0 Å². The van der Waals surface area contributed by atoms with Crippen molar-refractivity contribution in [2.75, 3.05) is 13.1 Å². The Hall–Kier alpha value is -2.90. The second kappa shape index (κ2) is 9.52. The molecule has 0 radical (unpaired) electrons. The molecule has 8 heteroatoms. The molecular formula is C28H30ClN3O4. The van der Waals surface area contributed by atoms with E-state index in [1.54, 1.807) is 12.1 Å². The maximum Gasteiger partial charge on any atom is 0.255 e. The molecule has 0 bridgehead atoms. The molecule has 6 rings (SSSR count). The third-order valence-corrected chi connectivity index (χ3v) is 8.62. The molecule has 2 saturated heterocycles. The van der Waals surface area contributed by atoms with Gasteiger partial charge in [0.2, 0.25) is 11.8 Å². The van der Waals surface area contributed by atoms with E-state index in [0.717, 1.165) is 32.4 Å². The largest absolute Gasteiger partial charge is 0.487 e. The van der Waals surface area contributed by atoms with Crippen LogP contribution < -0.4 is 10.1 Å². The van der Waals surface area contributed by atoms with E-state index in [2.05, 4.69) is 40.5 Å². The van der Waals surface area contributed by atoms with Crippen LogP contribution in [0.5, 0.6) is 5.75 Å². The molecule has 188 valence electrons. The highest BCUT2D eigenvalue weighted by Crippen LogP contribution is 2.40. The Balaban J connectivity index is 1.16. The molecule has 0 spiro atoms. The van der Waals surface area contributed by atoms with Crippen LogP contribution in [0.4, 0.5) is 0 Å². The molecule has 1 aliphatic carbocycles. The molecule has 4 aliphatic rings. The zero-order chi connectivity index (χ0) is 24.8. The number of fused-ring (bicyclic) bond motifs is 1. The fourth-order valence-electron chi connectivity index (χ4n) is 6.19. The van der Waals surface area contributed by atoms with Crippen LogP contribution in [0.2, 0.25) is 5.02 Å². The summed E-state index contributed by atoms with van der Waals surface area (Å²) in [6.45, 7) is 2.33. The van der Waals surface area contributed by atoms with Crippen LogP contribution in [-0.2, 0) is 16.1 Å². The minimum Gasteiger partial charge on any atom is -0.487 e. The van der Waals surface area contributed by atoms with Crippen molar-refractivity contribution >= 4 is 29.3 Å². The molecule has 3 aliphatic heterocycles. The predicted octanol–water partition coefficient (Wildman–Crippen LogP) is 3.89. The second-order valence-electron chi connectivity index (χ2n) is 10.4. The number of halogens is 1. The van der Waals surface area contributed by atoms with Crippen molar-refractivity contribution < 1.29 is 19.1 Å². The Morgan fingerprint density at radius 2 is 1.72 bits per heavy atom. The molecule has 2 aromatic rings. The highest BCUT2D eigenvalue weighted by molar-refractivity contribution is 6.33. The molecule has 0 unspecified atom stereocenters. The molecule has 3 amide bonds. The van der Waals surface area contributed by atoms with Crippen molar-refractivity contribution in [3.05, 3.63) is 64.2 Å². The third-order valence-electron chi connectivity index (χ3n) is 8.21. The standard InChI is InChI=1S/C28H30ClN3O4/c29-26-20-16-32(22-11-13-25(33)30-27(22)34)28(35)19(20)10-12-24(26)36-23-9-5-4-8-21(23)31-14-18(15-31)17-6-2-1-3-7-17/h1-3,6-7,10,12,18,21-23H,4-5,8-9,11,13-16H2,(H,30,33,34)/t21-,22-,23+/m0/s1. The fraction of sp³-hybridized carbons (Fsp3) is 0.464. The molecule has 2 aromatic carbocycles. The normalized spacial score (nSPS) is 27.0. The van der Waals surface area contributed by atoms with E-state index in [0.29, 0.717) is 40.3 Å². The number of nitrogens with zero attached hydrogens (tertiary/aromatic N) is 2. The number of imide groups is 1. The van der Waals surface area contributed by atoms with Gasteiger partial charge in [0.1, 0.15) is 17.9 Å². The van der Waals surface area contributed by atoms with Crippen molar-refractivity contribution in [3.63, 3.8) is 0 Å². The summed E-state index contributed by atoms with van der Waals surface area (Å²) in [6.07, 6.45) is 5.02. The minimum atomic E-state index is -0.658. The molecule has 3 fully saturated rings. The fourth-order valence-corrected chi connectivity index (χ4v) is 6.46. The number of piperidine rings is 1. The quantitative estimate of drug-likeness (QED) is 0.621. The van der Waals surface area contributed by atoms with Gasteiger partial charge in [-0.3, -0.25) is 24.6 Å². The summed E-state index contributed by atoms with van der Waals surface area (Å²) in [4.78, 5) is 41.0. The SMILES string of the molecule is O=C1CC[C@H](N2Cc3c(ccc(O[C@@H]4CCCC[C@@H]4N4CC(c5ccccc5)C4)c3Cl)C2=O)C(=O)N1. The number of nitrogens with one attached hydrogen (secondary N) is 1. The number of carbonyl (C=O) groups excluding carboxylic acids is 3. The number of likely N-dealkylation sites (tertiary alicyclic amines) is 1. The van der Waals surface area contributed by atoms with Gasteiger partial charge in [0.15, 0.2) is 0 Å². The van der Waals surface area contributed by atoms with Crippen LogP contribution in [0.3, 0.4) is 0 Å². The highest BCUT2D eigenvalue weighted by Gasteiger charge is 2.42. The van der Waals surface area contributed by atoms with Gasteiger partial charge in [-0.2, -0.15) is 0 Å². The summed E-state index contributed by atoms with van der Waals surface area (Å²) in [7, 11) is 0. The monoisotopic (exact) mass is 507 g/mol. The van der Waals surface area contributed by atoms with E-state index < -0.39 is 11.9 Å². The summed E-state index contributed by atoms with van der Waals surface area (Å²) < 4.78 is 6.55. The average Bonchev–Trinajstić information content (AvgIpc) is 3.18. The lowest BCUT2D eigenvalue weighted by atomic mass is 9.84. The number of ether oxygens (including phenoxy) is 1. The zero-order valence-electron chi connectivity index (χ0n) is 20.1. The summed E-state index contributed by atoms with van der Waals surface area (Å²) in [5.41, 5.74) is 2.60. The van der Waals surface area contributed by atoms with E-state index in [-0.39, 0.29) is 30.9 Å². The first-order valence-electron chi connectivity index (χ1n) is 12.9. The Morgan fingerprint density at radius 3 is 2.50 bits per heavy atom. The molecule has 1 N–H and O–H groups in total. The van der Waals surface area contributed by atoms with Crippen molar-refractivity contribution in [2.45, 2.75) is 69.2 Å². The number of benzene rings is 2. The van der Waals surface area contributed by atoms with Crippen LogP contribution in [-0.4, -0.2) is 58.8 Å². The van der Waals surface area contributed by atoms with Crippen molar-refractivity contribution in [1.82, 2.24) is 15.1 Å². The van der Waals surface area contributed by atoms with Crippen molar-refractivity contribution in [1.29, 1.82) is 0 Å². The first-order valence-corrected chi connectivity index (χ1v) is 13.3. The van der Waals surface area contributed by atoms with Crippen LogP contribution in [0, 0.1) is 0 Å². The van der Waals surface area contributed by atoms with Gasteiger partial charge in [0, 0.05) is 49.1 Å². The lowest BCUT2D eigenvalue weighted by molar-refractivity contribution is -0.136. The lowest BCUT2D eigenvalue weighted by Crippen LogP contribution is -2.57. The third kappa shape index (κ3) is 4.18. The molecule has 7 nitrogen and oxygen atoms in total. The predicted molar refractivity (Wildman–Crippen MR) is 135 cm³/mol. The van der Waals surface area contributed by atoms with Crippen LogP contribution in [0.1, 0.15) is 65.9 Å². The topological polar surface area (TPSA) is 79.0 Å². The maximum atomic E-state index is 13.1. The van der Waals surface area contributed by atoms with Crippen LogP contribution in [0.15, 0.2) is 42.5 Å². The van der Waals surface area contributed by atoms with Crippen molar-refractivity contribution in [2.24, 2.45) is 0 Å². The lowest BCUT2D eigenvalue weighted by Gasteiger charge is -2.48. The van der Waals surface area contributed by atoms with E-state index in [4.69, 9.17) is 16.3 Å². The van der Waals surface area contributed by atoms with Crippen molar-refractivity contribution in [3.8, 4) is 5.75 Å². The van der Waals surface area contributed by atoms with E-state index in [1.165, 1.54) is 16.9 Å². The highest BCUT2D eigenvalue weighted by atomic mass is 35.5. The van der Waals surface area contributed by atoms with Crippen LogP contribution >= 0.6 is 11.6 Å². The Morgan fingerprint density at radius 1 is 0.944 bits per heavy atom. The van der Waals surface area contributed by atoms with Gasteiger partial charge in [-0.05, 0) is 43.4 Å².